The summed E-state index contributed by atoms with van der Waals surface area (Å²) < 4.78 is 1.95. The van der Waals surface area contributed by atoms with Crippen LogP contribution in [0.4, 0.5) is 5.69 Å². The minimum atomic E-state index is -0.243. The topological polar surface area (TPSA) is 59.8 Å². The molecule has 150 valence electrons. The van der Waals surface area contributed by atoms with Gasteiger partial charge in [0.15, 0.2) is 5.16 Å². The fraction of sp³-hybridized carbons (Fsp3) is 0.150. The number of rotatable bonds is 8. The van der Waals surface area contributed by atoms with Crippen molar-refractivity contribution in [3.8, 4) is 0 Å². The molecule has 3 aromatic rings. The number of amides is 1. The first kappa shape index (κ1) is 21.7. The van der Waals surface area contributed by atoms with Crippen molar-refractivity contribution in [2.45, 2.75) is 18.1 Å². The minimum absolute atomic E-state index is 0.136. The fourth-order valence-corrected chi connectivity index (χ4v) is 3.94. The van der Waals surface area contributed by atoms with Crippen molar-refractivity contribution < 1.29 is 4.79 Å². The van der Waals surface area contributed by atoms with Crippen LogP contribution in [0.2, 0.25) is 15.1 Å². The van der Waals surface area contributed by atoms with Gasteiger partial charge in [-0.15, -0.1) is 16.8 Å². The molecule has 0 unspecified atom stereocenters. The highest BCUT2D eigenvalue weighted by Gasteiger charge is 2.15. The molecule has 1 amide bonds. The number of carbonyl (C=O) groups excluding carboxylic acids is 1. The van der Waals surface area contributed by atoms with Gasteiger partial charge in [0.1, 0.15) is 5.82 Å². The number of halogens is 3. The third-order valence-electron chi connectivity index (χ3n) is 3.93. The van der Waals surface area contributed by atoms with Crippen molar-refractivity contribution in [1.82, 2.24) is 14.8 Å². The molecule has 1 aromatic heterocycles. The molecule has 29 heavy (non-hydrogen) atoms. The molecule has 0 bridgehead atoms. The molecule has 0 atom stereocenters. The molecule has 3 rings (SSSR count). The summed E-state index contributed by atoms with van der Waals surface area (Å²) in [5.74, 6) is 0.705. The van der Waals surface area contributed by atoms with Crippen molar-refractivity contribution >= 4 is 58.2 Å². The average molecular weight is 468 g/mol. The molecule has 9 heteroatoms. The lowest BCUT2D eigenvalue weighted by atomic mass is 10.1. The molecule has 0 saturated heterocycles. The van der Waals surface area contributed by atoms with Crippen LogP contribution in [-0.4, -0.2) is 26.4 Å². The maximum absolute atomic E-state index is 12.4. The lowest BCUT2D eigenvalue weighted by Gasteiger charge is -2.10. The summed E-state index contributed by atoms with van der Waals surface area (Å²) in [6.07, 6.45) is 2.42. The van der Waals surface area contributed by atoms with E-state index in [1.165, 1.54) is 23.9 Å². The third-order valence-corrected chi connectivity index (χ3v) is 5.93. The molecule has 1 heterocycles. The monoisotopic (exact) mass is 466 g/mol. The summed E-state index contributed by atoms with van der Waals surface area (Å²) in [6.45, 7) is 4.35. The number of hydrogen-bond donors (Lipinski definition) is 1. The summed E-state index contributed by atoms with van der Waals surface area (Å²) in [7, 11) is 0. The zero-order chi connectivity index (χ0) is 20.8. The third kappa shape index (κ3) is 5.76. The van der Waals surface area contributed by atoms with Gasteiger partial charge in [-0.25, -0.2) is 0 Å². The number of hydrogen-bond acceptors (Lipinski definition) is 4. The van der Waals surface area contributed by atoms with Gasteiger partial charge in [-0.3, -0.25) is 4.79 Å². The van der Waals surface area contributed by atoms with Crippen molar-refractivity contribution in [2.24, 2.45) is 0 Å². The quantitative estimate of drug-likeness (QED) is 0.260. The molecule has 0 spiro atoms. The number of nitrogens with one attached hydrogen (secondary N) is 1. The van der Waals surface area contributed by atoms with E-state index in [9.17, 15) is 4.79 Å². The zero-order valence-electron chi connectivity index (χ0n) is 15.2. The van der Waals surface area contributed by atoms with Crippen LogP contribution in [-0.2, 0) is 17.8 Å². The smallest absolute Gasteiger partial charge is 0.234 e. The largest absolute Gasteiger partial charge is 0.324 e. The van der Waals surface area contributed by atoms with Crippen LogP contribution in [0, 0.1) is 0 Å². The number of aromatic nitrogens is 3. The number of allylic oxidation sites excluding steroid dienone is 1. The second kappa shape index (κ2) is 10.2. The summed E-state index contributed by atoms with van der Waals surface area (Å²) in [6, 6.07) is 13.0. The Hall–Kier alpha value is -1.99. The molecule has 0 aliphatic carbocycles. The van der Waals surface area contributed by atoms with Gasteiger partial charge in [-0.1, -0.05) is 83.0 Å². The molecule has 0 aliphatic heterocycles. The van der Waals surface area contributed by atoms with E-state index >= 15 is 0 Å². The Balaban J connectivity index is 1.67. The predicted octanol–water partition coefficient (Wildman–Crippen LogP) is 5.75. The van der Waals surface area contributed by atoms with Crippen molar-refractivity contribution in [3.05, 3.63) is 81.6 Å². The van der Waals surface area contributed by atoms with Gasteiger partial charge in [0.25, 0.3) is 0 Å². The van der Waals surface area contributed by atoms with Gasteiger partial charge in [0.05, 0.1) is 26.5 Å². The molecular weight excluding hydrogens is 451 g/mol. The van der Waals surface area contributed by atoms with Gasteiger partial charge in [-0.2, -0.15) is 0 Å². The van der Waals surface area contributed by atoms with Crippen molar-refractivity contribution in [3.63, 3.8) is 0 Å². The maximum Gasteiger partial charge on any atom is 0.234 e. The van der Waals surface area contributed by atoms with Crippen LogP contribution >= 0.6 is 46.6 Å². The molecule has 5 nitrogen and oxygen atoms in total. The van der Waals surface area contributed by atoms with Gasteiger partial charge in [0.2, 0.25) is 5.91 Å². The van der Waals surface area contributed by atoms with Crippen LogP contribution in [0.5, 0.6) is 0 Å². The Kier molecular flexibility index (Phi) is 7.61. The Bertz CT molecular complexity index is 1020. The summed E-state index contributed by atoms with van der Waals surface area (Å²) in [5, 5.41) is 12.9. The molecule has 1 N–H and O–H groups in total. The number of benzene rings is 2. The highest BCUT2D eigenvalue weighted by Crippen LogP contribution is 2.32. The standard InChI is InChI=1S/C20H17Cl3N4OS/c1-2-8-27-18(9-13-6-4-3-5-7-13)25-26-20(27)29-12-19(28)24-17-11-15(22)14(21)10-16(17)23/h2-7,10-11H,1,8-9,12H2,(H,24,28). The van der Waals surface area contributed by atoms with Gasteiger partial charge >= 0.3 is 0 Å². The maximum atomic E-state index is 12.4. The predicted molar refractivity (Wildman–Crippen MR) is 120 cm³/mol. The van der Waals surface area contributed by atoms with E-state index in [0.29, 0.717) is 38.9 Å². The van der Waals surface area contributed by atoms with E-state index in [1.807, 2.05) is 34.9 Å². The van der Waals surface area contributed by atoms with E-state index in [4.69, 9.17) is 34.8 Å². The molecule has 0 aliphatic rings. The number of thioether (sulfide) groups is 1. The van der Waals surface area contributed by atoms with E-state index in [1.54, 1.807) is 6.08 Å². The SMILES string of the molecule is C=CCn1c(Cc2ccccc2)nnc1SCC(=O)Nc1cc(Cl)c(Cl)cc1Cl. The van der Waals surface area contributed by atoms with Crippen LogP contribution < -0.4 is 5.32 Å². The zero-order valence-corrected chi connectivity index (χ0v) is 18.3. The lowest BCUT2D eigenvalue weighted by Crippen LogP contribution is -2.15. The summed E-state index contributed by atoms with van der Waals surface area (Å²) in [5.41, 5.74) is 1.54. The van der Waals surface area contributed by atoms with E-state index < -0.39 is 0 Å². The molecule has 0 fully saturated rings. The molecule has 0 saturated carbocycles. The Morgan fingerprint density at radius 3 is 2.55 bits per heavy atom. The second-order valence-electron chi connectivity index (χ2n) is 6.04. The molecular formula is C20H17Cl3N4OS. The van der Waals surface area contributed by atoms with E-state index in [0.717, 1.165) is 11.4 Å². The molecule has 0 radical (unpaired) electrons. The van der Waals surface area contributed by atoms with Crippen molar-refractivity contribution in [1.29, 1.82) is 0 Å². The number of carbonyl (C=O) groups is 1. The van der Waals surface area contributed by atoms with Crippen LogP contribution in [0.1, 0.15) is 11.4 Å². The van der Waals surface area contributed by atoms with Gasteiger partial charge < -0.3 is 9.88 Å². The Labute approximate surface area is 188 Å². The first-order chi connectivity index (χ1) is 14.0. The fourth-order valence-electron chi connectivity index (χ4n) is 2.58. The van der Waals surface area contributed by atoms with Gasteiger partial charge in [0, 0.05) is 13.0 Å². The Morgan fingerprint density at radius 1 is 1.10 bits per heavy atom. The average Bonchev–Trinajstić information content (AvgIpc) is 3.07. The minimum Gasteiger partial charge on any atom is -0.324 e. The van der Waals surface area contributed by atoms with Crippen LogP contribution in [0.25, 0.3) is 0 Å². The first-order valence-corrected chi connectivity index (χ1v) is 10.7. The van der Waals surface area contributed by atoms with Crippen LogP contribution in [0.3, 0.4) is 0 Å². The van der Waals surface area contributed by atoms with E-state index in [2.05, 4.69) is 22.1 Å². The Morgan fingerprint density at radius 2 is 1.83 bits per heavy atom. The highest BCUT2D eigenvalue weighted by atomic mass is 35.5. The lowest BCUT2D eigenvalue weighted by molar-refractivity contribution is -0.113. The highest BCUT2D eigenvalue weighted by molar-refractivity contribution is 7.99. The normalized spacial score (nSPS) is 10.7. The molecule has 2 aromatic carbocycles. The number of nitrogens with zero attached hydrogens (tertiary/aromatic N) is 3. The first-order valence-electron chi connectivity index (χ1n) is 8.62. The number of anilines is 1. The van der Waals surface area contributed by atoms with Gasteiger partial charge in [-0.05, 0) is 17.7 Å². The van der Waals surface area contributed by atoms with E-state index in [-0.39, 0.29) is 11.7 Å². The van der Waals surface area contributed by atoms with Crippen molar-refractivity contribution in [2.75, 3.05) is 11.1 Å². The van der Waals surface area contributed by atoms with Crippen LogP contribution in [0.15, 0.2) is 60.3 Å². The second-order valence-corrected chi connectivity index (χ2v) is 8.21. The summed E-state index contributed by atoms with van der Waals surface area (Å²) >= 11 is 19.3. The summed E-state index contributed by atoms with van der Waals surface area (Å²) in [4.78, 5) is 12.4.